The van der Waals surface area contributed by atoms with Crippen LogP contribution in [0.4, 0.5) is 0 Å². The Labute approximate surface area is 252 Å². The normalized spacial score (nSPS) is 24.4. The molecule has 3 aromatic carbocycles. The summed E-state index contributed by atoms with van der Waals surface area (Å²) in [5, 5.41) is 4.11. The molecule has 0 aliphatic heterocycles. The maximum Gasteiger partial charge on any atom is 0.328 e. The third-order valence-electron chi connectivity index (χ3n) is 9.96. The number of esters is 1. The van der Waals surface area contributed by atoms with Crippen LogP contribution in [0.1, 0.15) is 65.7 Å². The van der Waals surface area contributed by atoms with Gasteiger partial charge in [0.15, 0.2) is 0 Å². The lowest BCUT2D eigenvalue weighted by atomic mass is 9.48. The number of amides is 1. The van der Waals surface area contributed by atoms with Gasteiger partial charge in [-0.05, 0) is 103 Å². The SMILES string of the molecule is COC(=O)[C@H](Cc1ccc(OCc2ccccc2)cc1)NC(=O)c1cc(C23CC4CC(CC(C4)C2)C3)c2ccccc2n1. The zero-order valence-corrected chi connectivity index (χ0v) is 24.6. The lowest BCUT2D eigenvalue weighted by molar-refractivity contribution is -0.142. The summed E-state index contributed by atoms with van der Waals surface area (Å²) in [5.41, 5.74) is 4.56. The maximum atomic E-state index is 13.8. The van der Waals surface area contributed by atoms with E-state index in [9.17, 15) is 9.59 Å². The van der Waals surface area contributed by atoms with Gasteiger partial charge in [-0.2, -0.15) is 0 Å². The number of benzene rings is 3. The fourth-order valence-electron chi connectivity index (χ4n) is 8.44. The van der Waals surface area contributed by atoms with E-state index in [0.29, 0.717) is 18.7 Å². The molecule has 0 unspecified atom stereocenters. The number of carbonyl (C=O) groups excluding carboxylic acids is 2. The van der Waals surface area contributed by atoms with Gasteiger partial charge in [0.2, 0.25) is 0 Å². The van der Waals surface area contributed by atoms with Gasteiger partial charge in [0.05, 0.1) is 12.6 Å². The molecule has 0 radical (unpaired) electrons. The first-order valence-corrected chi connectivity index (χ1v) is 15.5. The van der Waals surface area contributed by atoms with Crippen LogP contribution in [0.15, 0.2) is 84.9 Å². The van der Waals surface area contributed by atoms with E-state index in [1.54, 1.807) is 0 Å². The van der Waals surface area contributed by atoms with Gasteiger partial charge >= 0.3 is 5.97 Å². The van der Waals surface area contributed by atoms with E-state index >= 15 is 0 Å². The number of aromatic nitrogens is 1. The number of nitrogens with one attached hydrogen (secondary N) is 1. The van der Waals surface area contributed by atoms with Crippen LogP contribution in [0.3, 0.4) is 0 Å². The third-order valence-corrected chi connectivity index (χ3v) is 9.96. The van der Waals surface area contributed by atoms with Crippen molar-refractivity contribution in [2.24, 2.45) is 17.8 Å². The van der Waals surface area contributed by atoms with Crippen molar-refractivity contribution in [2.75, 3.05) is 7.11 Å². The highest BCUT2D eigenvalue weighted by molar-refractivity contribution is 5.98. The van der Waals surface area contributed by atoms with Crippen molar-refractivity contribution in [3.05, 3.63) is 107 Å². The molecular formula is C37H38N2O4. The molecule has 43 heavy (non-hydrogen) atoms. The predicted molar refractivity (Wildman–Crippen MR) is 166 cm³/mol. The van der Waals surface area contributed by atoms with Crippen LogP contribution in [0, 0.1) is 17.8 Å². The molecule has 1 atom stereocenters. The first kappa shape index (κ1) is 27.6. The molecule has 6 heteroatoms. The van der Waals surface area contributed by atoms with Crippen molar-refractivity contribution in [3.63, 3.8) is 0 Å². The molecule has 1 aromatic heterocycles. The lowest BCUT2D eigenvalue weighted by Gasteiger charge is -2.57. The predicted octanol–water partition coefficient (Wildman–Crippen LogP) is 6.80. The number of fused-ring (bicyclic) bond motifs is 1. The standard InChI is InChI=1S/C37H38N2O4/c1-42-36(41)34(18-24-11-13-29(14-12-24)43-23-25-7-3-2-4-8-25)39-35(40)33-19-31(30-9-5-6-10-32(30)38-33)37-20-26-15-27(21-37)17-28(16-26)22-37/h2-14,19,26-28,34H,15-18,20-23H2,1H3,(H,39,40)/t26?,27?,28?,34-,37?/m0/s1. The Morgan fingerprint density at radius 1 is 0.860 bits per heavy atom. The van der Waals surface area contributed by atoms with Gasteiger partial charge in [0, 0.05) is 11.8 Å². The van der Waals surface area contributed by atoms with Gasteiger partial charge in [-0.3, -0.25) is 4.79 Å². The molecule has 4 aliphatic rings. The summed E-state index contributed by atoms with van der Waals surface area (Å²) in [5.74, 6) is 2.26. The Kier molecular flexibility index (Phi) is 7.38. The molecule has 4 aliphatic carbocycles. The fraction of sp³-hybridized carbons (Fsp3) is 0.378. The van der Waals surface area contributed by atoms with Crippen LogP contribution >= 0.6 is 0 Å². The number of para-hydroxylation sites is 1. The summed E-state index contributed by atoms with van der Waals surface area (Å²) in [4.78, 5) is 31.4. The fourth-order valence-corrected chi connectivity index (χ4v) is 8.44. The van der Waals surface area contributed by atoms with Gasteiger partial charge in [-0.1, -0.05) is 60.7 Å². The van der Waals surface area contributed by atoms with E-state index in [2.05, 4.69) is 17.4 Å². The van der Waals surface area contributed by atoms with Crippen molar-refractivity contribution in [2.45, 2.75) is 63.0 Å². The molecule has 4 bridgehead atoms. The van der Waals surface area contributed by atoms with Gasteiger partial charge in [0.1, 0.15) is 24.1 Å². The number of hydrogen-bond donors (Lipinski definition) is 1. The molecule has 220 valence electrons. The molecule has 0 saturated heterocycles. The van der Waals surface area contributed by atoms with Gasteiger partial charge in [-0.25, -0.2) is 9.78 Å². The minimum Gasteiger partial charge on any atom is -0.489 e. The Morgan fingerprint density at radius 2 is 1.51 bits per heavy atom. The summed E-state index contributed by atoms with van der Waals surface area (Å²) in [7, 11) is 1.35. The second kappa shape index (κ2) is 11.5. The molecule has 4 fully saturated rings. The zero-order valence-electron chi connectivity index (χ0n) is 24.6. The minimum atomic E-state index is -0.843. The largest absolute Gasteiger partial charge is 0.489 e. The summed E-state index contributed by atoms with van der Waals surface area (Å²) in [6.07, 6.45) is 7.97. The van der Waals surface area contributed by atoms with Crippen molar-refractivity contribution in [1.29, 1.82) is 0 Å². The first-order valence-electron chi connectivity index (χ1n) is 15.5. The first-order chi connectivity index (χ1) is 21.0. The molecule has 4 aromatic rings. The summed E-state index contributed by atoms with van der Waals surface area (Å²) in [6.45, 7) is 0.477. The van der Waals surface area contributed by atoms with Crippen molar-refractivity contribution in [1.82, 2.24) is 10.3 Å². The van der Waals surface area contributed by atoms with Gasteiger partial charge < -0.3 is 14.8 Å². The van der Waals surface area contributed by atoms with E-state index < -0.39 is 12.0 Å². The van der Waals surface area contributed by atoms with Crippen LogP contribution in [0.2, 0.25) is 0 Å². The Balaban J connectivity index is 1.11. The Bertz CT molecular complexity index is 1600. The van der Waals surface area contributed by atoms with Crippen LogP contribution in [0.25, 0.3) is 10.9 Å². The molecule has 0 spiro atoms. The smallest absolute Gasteiger partial charge is 0.328 e. The lowest BCUT2D eigenvalue weighted by Crippen LogP contribution is -2.48. The highest BCUT2D eigenvalue weighted by atomic mass is 16.5. The maximum absolute atomic E-state index is 13.8. The number of pyridine rings is 1. The quantitative estimate of drug-likeness (QED) is 0.223. The van der Waals surface area contributed by atoms with E-state index in [1.165, 1.54) is 51.2 Å². The van der Waals surface area contributed by atoms with Crippen molar-refractivity contribution in [3.8, 4) is 5.75 Å². The zero-order chi connectivity index (χ0) is 29.4. The second-order valence-corrected chi connectivity index (χ2v) is 12.9. The molecule has 1 amide bonds. The van der Waals surface area contributed by atoms with E-state index in [-0.39, 0.29) is 11.3 Å². The molecular weight excluding hydrogens is 536 g/mol. The number of methoxy groups -OCH3 is 1. The van der Waals surface area contributed by atoms with Crippen LogP contribution in [-0.2, 0) is 28.0 Å². The topological polar surface area (TPSA) is 77.5 Å². The van der Waals surface area contributed by atoms with Crippen LogP contribution in [0.5, 0.6) is 5.75 Å². The number of nitrogens with zero attached hydrogens (tertiary/aromatic N) is 1. The summed E-state index contributed by atoms with van der Waals surface area (Å²) >= 11 is 0. The molecule has 1 heterocycles. The third kappa shape index (κ3) is 5.63. The average Bonchev–Trinajstić information content (AvgIpc) is 3.03. The minimum absolute atomic E-state index is 0.110. The van der Waals surface area contributed by atoms with Gasteiger partial charge in [-0.15, -0.1) is 0 Å². The summed E-state index contributed by atoms with van der Waals surface area (Å²) in [6, 6.07) is 27.0. The van der Waals surface area contributed by atoms with Crippen LogP contribution < -0.4 is 10.1 Å². The van der Waals surface area contributed by atoms with Crippen molar-refractivity contribution < 1.29 is 19.1 Å². The van der Waals surface area contributed by atoms with E-state index in [4.69, 9.17) is 14.5 Å². The Morgan fingerprint density at radius 3 is 2.19 bits per heavy atom. The summed E-state index contributed by atoms with van der Waals surface area (Å²) < 4.78 is 11.0. The monoisotopic (exact) mass is 574 g/mol. The molecule has 1 N–H and O–H groups in total. The number of hydrogen-bond acceptors (Lipinski definition) is 5. The number of ether oxygens (including phenoxy) is 2. The average molecular weight is 575 g/mol. The van der Waals surface area contributed by atoms with Gasteiger partial charge in [0.25, 0.3) is 5.91 Å². The highest BCUT2D eigenvalue weighted by Crippen LogP contribution is 2.61. The Hall–Kier alpha value is -4.19. The van der Waals surface area contributed by atoms with Crippen molar-refractivity contribution >= 4 is 22.8 Å². The molecule has 8 rings (SSSR count). The number of rotatable bonds is 9. The number of carbonyl (C=O) groups is 2. The van der Waals surface area contributed by atoms with E-state index in [1.807, 2.05) is 72.8 Å². The van der Waals surface area contributed by atoms with Crippen LogP contribution in [-0.4, -0.2) is 30.0 Å². The second-order valence-electron chi connectivity index (χ2n) is 12.9. The molecule has 4 saturated carbocycles. The molecule has 6 nitrogen and oxygen atoms in total. The van der Waals surface area contributed by atoms with E-state index in [0.717, 1.165) is 45.5 Å². The highest BCUT2D eigenvalue weighted by Gasteiger charge is 2.52.